The van der Waals surface area contributed by atoms with Crippen LogP contribution >= 0.6 is 0 Å². The molecular weight excluding hydrogens is 201 g/mol. The van der Waals surface area contributed by atoms with Crippen LogP contribution in [0, 0.1) is 11.7 Å². The Kier molecular flexibility index (Phi) is 3.38. The Labute approximate surface area is 85.7 Å². The zero-order chi connectivity index (χ0) is 11.4. The molecule has 0 radical (unpaired) electrons. The quantitative estimate of drug-likeness (QED) is 0.744. The van der Waals surface area contributed by atoms with Crippen molar-refractivity contribution in [2.75, 3.05) is 5.32 Å². The number of anilines is 1. The third kappa shape index (κ3) is 3.05. The second-order valence-corrected chi connectivity index (χ2v) is 3.06. The molecule has 1 aromatic carbocycles. The topological polar surface area (TPSA) is 66.4 Å². The Bertz CT molecular complexity index is 392. The standard InChI is InChI=1S/C10H10FNO3/c1-6(10(14)15)9(13)12-8-4-2-3-7(11)5-8/h2-6H,1H3,(H,12,13)(H,14,15). The van der Waals surface area contributed by atoms with Crippen molar-refractivity contribution in [3.05, 3.63) is 30.1 Å². The van der Waals surface area contributed by atoms with Gasteiger partial charge in [0.05, 0.1) is 0 Å². The van der Waals surface area contributed by atoms with Gasteiger partial charge in [0.2, 0.25) is 5.91 Å². The van der Waals surface area contributed by atoms with E-state index in [1.165, 1.54) is 25.1 Å². The predicted molar refractivity (Wildman–Crippen MR) is 51.8 cm³/mol. The first kappa shape index (κ1) is 11.2. The summed E-state index contributed by atoms with van der Waals surface area (Å²) in [6.45, 7) is 1.26. The number of rotatable bonds is 3. The molecule has 80 valence electrons. The Balaban J connectivity index is 2.70. The third-order valence-electron chi connectivity index (χ3n) is 1.86. The minimum atomic E-state index is -1.22. The van der Waals surface area contributed by atoms with E-state index in [0.717, 1.165) is 6.07 Å². The van der Waals surface area contributed by atoms with E-state index in [1.807, 2.05) is 0 Å². The van der Waals surface area contributed by atoms with Crippen molar-refractivity contribution in [1.29, 1.82) is 0 Å². The number of halogens is 1. The summed E-state index contributed by atoms with van der Waals surface area (Å²) in [6.07, 6.45) is 0. The molecule has 1 unspecified atom stereocenters. The molecule has 1 amide bonds. The number of aliphatic carboxylic acids is 1. The maximum atomic E-state index is 12.7. The number of hydrogen-bond donors (Lipinski definition) is 2. The SMILES string of the molecule is CC(C(=O)O)C(=O)Nc1cccc(F)c1. The summed E-state index contributed by atoms with van der Waals surface area (Å²) >= 11 is 0. The second kappa shape index (κ2) is 4.54. The number of carbonyl (C=O) groups excluding carboxylic acids is 1. The molecule has 0 fully saturated rings. The molecule has 1 atom stereocenters. The Hall–Kier alpha value is -1.91. The Morgan fingerprint density at radius 1 is 1.47 bits per heavy atom. The van der Waals surface area contributed by atoms with E-state index in [-0.39, 0.29) is 5.69 Å². The lowest BCUT2D eigenvalue weighted by molar-refractivity contribution is -0.144. The van der Waals surface area contributed by atoms with Gasteiger partial charge in [-0.1, -0.05) is 6.07 Å². The third-order valence-corrected chi connectivity index (χ3v) is 1.86. The highest BCUT2D eigenvalue weighted by molar-refractivity contribution is 6.03. The molecule has 0 saturated carbocycles. The molecule has 0 bridgehead atoms. The minimum Gasteiger partial charge on any atom is -0.481 e. The summed E-state index contributed by atoms with van der Waals surface area (Å²) in [4.78, 5) is 21.7. The lowest BCUT2D eigenvalue weighted by Gasteiger charge is -2.07. The molecule has 0 aliphatic rings. The number of nitrogens with one attached hydrogen (secondary N) is 1. The fourth-order valence-electron chi connectivity index (χ4n) is 0.929. The van der Waals surface area contributed by atoms with E-state index >= 15 is 0 Å². The zero-order valence-electron chi connectivity index (χ0n) is 8.03. The summed E-state index contributed by atoms with van der Waals surface area (Å²) in [5.41, 5.74) is 0.244. The van der Waals surface area contributed by atoms with Gasteiger partial charge in [0.25, 0.3) is 0 Å². The zero-order valence-corrected chi connectivity index (χ0v) is 8.03. The van der Waals surface area contributed by atoms with Crippen molar-refractivity contribution in [3.8, 4) is 0 Å². The average Bonchev–Trinajstić information content (AvgIpc) is 2.16. The molecule has 4 nitrogen and oxygen atoms in total. The van der Waals surface area contributed by atoms with Gasteiger partial charge >= 0.3 is 5.97 Å². The van der Waals surface area contributed by atoms with E-state index in [0.29, 0.717) is 0 Å². The van der Waals surface area contributed by atoms with Crippen molar-refractivity contribution in [2.45, 2.75) is 6.92 Å². The molecule has 5 heteroatoms. The van der Waals surface area contributed by atoms with Crippen molar-refractivity contribution >= 4 is 17.6 Å². The molecule has 1 aromatic rings. The maximum absolute atomic E-state index is 12.7. The molecule has 15 heavy (non-hydrogen) atoms. The first-order valence-corrected chi connectivity index (χ1v) is 4.30. The average molecular weight is 211 g/mol. The van der Waals surface area contributed by atoms with E-state index in [4.69, 9.17) is 5.11 Å². The second-order valence-electron chi connectivity index (χ2n) is 3.06. The molecule has 2 N–H and O–H groups in total. The van der Waals surface area contributed by atoms with Crippen molar-refractivity contribution in [1.82, 2.24) is 0 Å². The van der Waals surface area contributed by atoms with Gasteiger partial charge in [-0.3, -0.25) is 9.59 Å². The highest BCUT2D eigenvalue weighted by atomic mass is 19.1. The van der Waals surface area contributed by atoms with Crippen LogP contribution in [0.15, 0.2) is 24.3 Å². The van der Waals surface area contributed by atoms with E-state index in [9.17, 15) is 14.0 Å². The van der Waals surface area contributed by atoms with Crippen molar-refractivity contribution in [3.63, 3.8) is 0 Å². The fourth-order valence-corrected chi connectivity index (χ4v) is 0.929. The number of benzene rings is 1. The van der Waals surface area contributed by atoms with Gasteiger partial charge < -0.3 is 10.4 Å². The van der Waals surface area contributed by atoms with Gasteiger partial charge in [0.15, 0.2) is 0 Å². The van der Waals surface area contributed by atoms with Crippen LogP contribution in [0.2, 0.25) is 0 Å². The fraction of sp³-hybridized carbons (Fsp3) is 0.200. The highest BCUT2D eigenvalue weighted by Crippen LogP contribution is 2.10. The molecule has 1 rings (SSSR count). The van der Waals surface area contributed by atoms with Crippen LogP contribution in [-0.4, -0.2) is 17.0 Å². The van der Waals surface area contributed by atoms with Gasteiger partial charge in [-0.15, -0.1) is 0 Å². The van der Waals surface area contributed by atoms with Crippen LogP contribution in [0.4, 0.5) is 10.1 Å². The largest absolute Gasteiger partial charge is 0.481 e. The number of amides is 1. The molecule has 0 heterocycles. The van der Waals surface area contributed by atoms with Crippen LogP contribution in [0.5, 0.6) is 0 Å². The molecule has 0 spiro atoms. The van der Waals surface area contributed by atoms with Crippen molar-refractivity contribution in [2.24, 2.45) is 5.92 Å². The van der Waals surface area contributed by atoms with Crippen LogP contribution in [0.1, 0.15) is 6.92 Å². The number of carboxylic acid groups (broad SMARTS) is 1. The van der Waals surface area contributed by atoms with Gasteiger partial charge in [0.1, 0.15) is 11.7 Å². The Morgan fingerprint density at radius 2 is 2.13 bits per heavy atom. The maximum Gasteiger partial charge on any atom is 0.315 e. The molecule has 0 aromatic heterocycles. The summed E-state index contributed by atoms with van der Waals surface area (Å²) in [7, 11) is 0. The van der Waals surface area contributed by atoms with Gasteiger partial charge in [-0.25, -0.2) is 4.39 Å². The normalized spacial score (nSPS) is 11.9. The van der Waals surface area contributed by atoms with Gasteiger partial charge in [-0.2, -0.15) is 0 Å². The summed E-state index contributed by atoms with van der Waals surface area (Å²) in [6, 6.07) is 5.26. The number of carbonyl (C=O) groups is 2. The molecule has 0 aliphatic heterocycles. The van der Waals surface area contributed by atoms with E-state index in [2.05, 4.69) is 5.32 Å². The smallest absolute Gasteiger partial charge is 0.315 e. The van der Waals surface area contributed by atoms with Crippen LogP contribution < -0.4 is 5.32 Å². The van der Waals surface area contributed by atoms with Crippen LogP contribution in [0.25, 0.3) is 0 Å². The van der Waals surface area contributed by atoms with Crippen molar-refractivity contribution < 1.29 is 19.1 Å². The summed E-state index contributed by atoms with van der Waals surface area (Å²) in [5.74, 6) is -3.54. The number of carboxylic acids is 1. The molecular formula is C10H10FNO3. The summed E-state index contributed by atoms with van der Waals surface area (Å²) < 4.78 is 12.7. The van der Waals surface area contributed by atoms with Gasteiger partial charge in [-0.05, 0) is 25.1 Å². The Morgan fingerprint density at radius 3 is 2.67 bits per heavy atom. The minimum absolute atomic E-state index is 0.244. The first-order chi connectivity index (χ1) is 7.00. The first-order valence-electron chi connectivity index (χ1n) is 4.30. The monoisotopic (exact) mass is 211 g/mol. The highest BCUT2D eigenvalue weighted by Gasteiger charge is 2.20. The van der Waals surface area contributed by atoms with Crippen LogP contribution in [-0.2, 0) is 9.59 Å². The van der Waals surface area contributed by atoms with Crippen LogP contribution in [0.3, 0.4) is 0 Å². The molecule has 0 aliphatic carbocycles. The van der Waals surface area contributed by atoms with Gasteiger partial charge in [0, 0.05) is 5.69 Å². The lowest BCUT2D eigenvalue weighted by atomic mass is 10.1. The summed E-state index contributed by atoms with van der Waals surface area (Å²) in [5, 5.41) is 10.9. The van der Waals surface area contributed by atoms with E-state index in [1.54, 1.807) is 0 Å². The lowest BCUT2D eigenvalue weighted by Crippen LogP contribution is -2.26. The van der Waals surface area contributed by atoms with E-state index < -0.39 is 23.6 Å². The predicted octanol–water partition coefficient (Wildman–Crippen LogP) is 1.48. The molecule has 0 saturated heterocycles. The number of hydrogen-bond acceptors (Lipinski definition) is 2.